The average molecular weight is 309 g/mol. The first-order chi connectivity index (χ1) is 10.1. The molecule has 0 bridgehead atoms. The summed E-state index contributed by atoms with van der Waals surface area (Å²) in [6.07, 6.45) is 4.57. The highest BCUT2D eigenvalue weighted by Gasteiger charge is 2.24. The van der Waals surface area contributed by atoms with Gasteiger partial charge in [-0.15, -0.1) is 0 Å². The molecule has 5 heteroatoms. The second kappa shape index (κ2) is 7.57. The van der Waals surface area contributed by atoms with Crippen LogP contribution in [0.1, 0.15) is 39.0 Å². The molecular formula is C16H21ClN2O2. The number of benzene rings is 1. The zero-order valence-electron chi connectivity index (χ0n) is 12.2. The Bertz CT molecular complexity index is 523. The van der Waals surface area contributed by atoms with Crippen LogP contribution in [0.2, 0.25) is 5.02 Å². The van der Waals surface area contributed by atoms with Crippen molar-refractivity contribution in [2.24, 2.45) is 16.8 Å². The van der Waals surface area contributed by atoms with Crippen LogP contribution < -0.4 is 5.48 Å². The number of hydrogen-bond acceptors (Lipinski definition) is 3. The van der Waals surface area contributed by atoms with Gasteiger partial charge < -0.3 is 0 Å². The Morgan fingerprint density at radius 1 is 1.38 bits per heavy atom. The lowest BCUT2D eigenvalue weighted by Gasteiger charge is -2.27. The number of carbonyl (C=O) groups excluding carboxylic acids is 1. The first kappa shape index (κ1) is 16.0. The molecule has 2 rings (SSSR count). The summed E-state index contributed by atoms with van der Waals surface area (Å²) in [6, 6.07) is 7.21. The van der Waals surface area contributed by atoms with E-state index in [1.165, 1.54) is 0 Å². The molecule has 1 aliphatic carbocycles. The lowest BCUT2D eigenvalue weighted by atomic mass is 9.79. The lowest BCUT2D eigenvalue weighted by Crippen LogP contribution is -2.26. The fourth-order valence-electron chi connectivity index (χ4n) is 2.86. The molecule has 0 aliphatic heterocycles. The Morgan fingerprint density at radius 2 is 2.10 bits per heavy atom. The van der Waals surface area contributed by atoms with Gasteiger partial charge in [0.15, 0.2) is 0 Å². The molecule has 1 aromatic carbocycles. The number of nitrogens with one attached hydrogen (secondary N) is 1. The summed E-state index contributed by atoms with van der Waals surface area (Å²) in [5.41, 5.74) is 2.91. The molecule has 114 valence electrons. The topological polar surface area (TPSA) is 61.7 Å². The van der Waals surface area contributed by atoms with Gasteiger partial charge in [0, 0.05) is 17.4 Å². The Hall–Kier alpha value is -1.39. The van der Waals surface area contributed by atoms with Crippen molar-refractivity contribution in [1.82, 2.24) is 5.48 Å². The van der Waals surface area contributed by atoms with E-state index >= 15 is 0 Å². The number of hydrogen-bond donors (Lipinski definition) is 2. The van der Waals surface area contributed by atoms with Crippen LogP contribution >= 0.6 is 11.6 Å². The predicted octanol–water partition coefficient (Wildman–Crippen LogP) is 4.13. The predicted molar refractivity (Wildman–Crippen MR) is 84.2 cm³/mol. The number of Topliss-reactive ketones (excluding diaryl/α,β-unsaturated/α-hetero) is 1. The molecule has 1 aromatic rings. The fourth-order valence-corrected chi connectivity index (χ4v) is 3.05. The van der Waals surface area contributed by atoms with Crippen LogP contribution in [0.25, 0.3) is 0 Å². The van der Waals surface area contributed by atoms with Gasteiger partial charge in [-0.2, -0.15) is 0 Å². The summed E-state index contributed by atoms with van der Waals surface area (Å²) >= 11 is 5.92. The molecule has 4 nitrogen and oxygen atoms in total. The fraction of sp³-hybridized carbons (Fsp3) is 0.500. The van der Waals surface area contributed by atoms with E-state index in [4.69, 9.17) is 11.6 Å². The van der Waals surface area contributed by atoms with E-state index in [1.54, 1.807) is 19.1 Å². The maximum Gasteiger partial charge on any atom is 0.132 e. The van der Waals surface area contributed by atoms with E-state index in [0.717, 1.165) is 31.4 Å². The van der Waals surface area contributed by atoms with Crippen molar-refractivity contribution in [2.75, 3.05) is 0 Å². The van der Waals surface area contributed by atoms with Gasteiger partial charge in [0.1, 0.15) is 11.6 Å². The third kappa shape index (κ3) is 4.83. The Balaban J connectivity index is 1.95. The number of aliphatic imine (C=N–C) groups is 1. The highest BCUT2D eigenvalue weighted by molar-refractivity contribution is 6.30. The molecule has 0 unspecified atom stereocenters. The summed E-state index contributed by atoms with van der Waals surface area (Å²) in [5.74, 6) is 1.51. The molecular weight excluding hydrogens is 288 g/mol. The van der Waals surface area contributed by atoms with Crippen LogP contribution in [0.4, 0.5) is 5.69 Å². The highest BCUT2D eigenvalue weighted by atomic mass is 35.5. The van der Waals surface area contributed by atoms with Crippen molar-refractivity contribution in [2.45, 2.75) is 39.0 Å². The highest BCUT2D eigenvalue weighted by Crippen LogP contribution is 2.31. The summed E-state index contributed by atoms with van der Waals surface area (Å²) < 4.78 is 0. The Labute approximate surface area is 130 Å². The summed E-state index contributed by atoms with van der Waals surface area (Å²) in [4.78, 5) is 15.8. The number of rotatable bonds is 4. The molecule has 0 heterocycles. The van der Waals surface area contributed by atoms with Crippen molar-refractivity contribution >= 4 is 28.9 Å². The SMILES string of the molecule is CC(=O)C1CCC(CC(=Nc2cccc(Cl)c2)NO)CC1. The third-order valence-corrected chi connectivity index (χ3v) is 4.34. The first-order valence-electron chi connectivity index (χ1n) is 7.32. The maximum atomic E-state index is 11.4. The van der Waals surface area contributed by atoms with E-state index in [9.17, 15) is 10.0 Å². The molecule has 0 saturated heterocycles. The number of ketones is 1. The maximum absolute atomic E-state index is 11.4. The summed E-state index contributed by atoms with van der Waals surface area (Å²) in [5, 5.41) is 9.88. The minimum Gasteiger partial charge on any atom is -0.300 e. The van der Waals surface area contributed by atoms with E-state index in [1.807, 2.05) is 12.1 Å². The van der Waals surface area contributed by atoms with E-state index < -0.39 is 0 Å². The standard InChI is InChI=1S/C16H21ClN2O2/c1-11(20)13-7-5-12(6-8-13)9-16(19-21)18-15-4-2-3-14(17)10-15/h2-4,10,12-13,21H,5-9H2,1H3,(H,18,19). The summed E-state index contributed by atoms with van der Waals surface area (Å²) in [6.45, 7) is 1.67. The van der Waals surface area contributed by atoms with Gasteiger partial charge in [-0.25, -0.2) is 4.99 Å². The monoisotopic (exact) mass is 308 g/mol. The smallest absolute Gasteiger partial charge is 0.132 e. The van der Waals surface area contributed by atoms with Crippen molar-refractivity contribution in [3.8, 4) is 0 Å². The van der Waals surface area contributed by atoms with Gasteiger partial charge in [0.2, 0.25) is 0 Å². The number of halogens is 1. The van der Waals surface area contributed by atoms with Crippen LogP contribution in [0.15, 0.2) is 29.3 Å². The van der Waals surface area contributed by atoms with E-state index in [2.05, 4.69) is 10.5 Å². The second-order valence-electron chi connectivity index (χ2n) is 5.68. The lowest BCUT2D eigenvalue weighted by molar-refractivity contribution is -0.121. The molecule has 0 aromatic heterocycles. The molecule has 0 amide bonds. The van der Waals surface area contributed by atoms with Crippen LogP contribution in [-0.4, -0.2) is 16.8 Å². The molecule has 2 N–H and O–H groups in total. The molecule has 1 fully saturated rings. The average Bonchev–Trinajstić information content (AvgIpc) is 2.47. The van der Waals surface area contributed by atoms with Crippen LogP contribution in [-0.2, 0) is 4.79 Å². The van der Waals surface area contributed by atoms with Crippen LogP contribution in [0.5, 0.6) is 0 Å². The minimum atomic E-state index is 0.219. The van der Waals surface area contributed by atoms with Crippen molar-refractivity contribution in [3.63, 3.8) is 0 Å². The quantitative estimate of drug-likeness (QED) is 0.499. The Kier molecular flexibility index (Phi) is 5.76. The number of carbonyl (C=O) groups is 1. The molecule has 21 heavy (non-hydrogen) atoms. The van der Waals surface area contributed by atoms with Gasteiger partial charge in [-0.1, -0.05) is 17.7 Å². The zero-order chi connectivity index (χ0) is 15.2. The second-order valence-corrected chi connectivity index (χ2v) is 6.12. The normalized spacial score (nSPS) is 22.9. The third-order valence-electron chi connectivity index (χ3n) is 4.11. The van der Waals surface area contributed by atoms with Gasteiger partial charge in [0.05, 0.1) is 5.69 Å². The zero-order valence-corrected chi connectivity index (χ0v) is 12.9. The van der Waals surface area contributed by atoms with Crippen LogP contribution in [0, 0.1) is 11.8 Å². The molecule has 0 radical (unpaired) electrons. The Morgan fingerprint density at radius 3 is 2.67 bits per heavy atom. The van der Waals surface area contributed by atoms with E-state index in [0.29, 0.717) is 29.0 Å². The summed E-state index contributed by atoms with van der Waals surface area (Å²) in [7, 11) is 0. The van der Waals surface area contributed by atoms with Crippen LogP contribution in [0.3, 0.4) is 0 Å². The molecule has 1 aliphatic rings. The van der Waals surface area contributed by atoms with E-state index in [-0.39, 0.29) is 5.92 Å². The number of nitrogens with zero attached hydrogens (tertiary/aromatic N) is 1. The van der Waals surface area contributed by atoms with Gasteiger partial charge in [-0.3, -0.25) is 15.5 Å². The first-order valence-corrected chi connectivity index (χ1v) is 7.70. The number of hydroxylamine groups is 1. The van der Waals surface area contributed by atoms with Gasteiger partial charge >= 0.3 is 0 Å². The van der Waals surface area contributed by atoms with Crippen molar-refractivity contribution in [1.29, 1.82) is 0 Å². The van der Waals surface area contributed by atoms with Gasteiger partial charge in [-0.05, 0) is 56.7 Å². The molecule has 0 spiro atoms. The van der Waals surface area contributed by atoms with Crippen molar-refractivity contribution in [3.05, 3.63) is 29.3 Å². The molecule has 0 atom stereocenters. The molecule has 1 saturated carbocycles. The number of amidine groups is 1. The minimum absolute atomic E-state index is 0.219. The van der Waals surface area contributed by atoms with Gasteiger partial charge in [0.25, 0.3) is 0 Å². The van der Waals surface area contributed by atoms with Crippen molar-refractivity contribution < 1.29 is 10.0 Å². The largest absolute Gasteiger partial charge is 0.300 e.